The van der Waals surface area contributed by atoms with Gasteiger partial charge in [-0.15, -0.1) is 0 Å². The number of carbonyl (C=O) groups excluding carboxylic acids is 1. The Bertz CT molecular complexity index is 563. The summed E-state index contributed by atoms with van der Waals surface area (Å²) in [5, 5.41) is 0. The van der Waals surface area contributed by atoms with Gasteiger partial charge in [-0.05, 0) is 84.9 Å². The van der Waals surface area contributed by atoms with Gasteiger partial charge in [-0.3, -0.25) is 0 Å². The van der Waals surface area contributed by atoms with Gasteiger partial charge in [0.2, 0.25) is 0 Å². The van der Waals surface area contributed by atoms with Crippen molar-refractivity contribution >= 4 is 6.29 Å². The van der Waals surface area contributed by atoms with Crippen LogP contribution in [0, 0.1) is 58.2 Å². The van der Waals surface area contributed by atoms with E-state index in [1.807, 2.05) is 0 Å². The van der Waals surface area contributed by atoms with E-state index in [4.69, 9.17) is 0 Å². The molecule has 0 amide bonds. The van der Waals surface area contributed by atoms with E-state index in [0.29, 0.717) is 11.3 Å². The Morgan fingerprint density at radius 1 is 0.958 bits per heavy atom. The molecule has 2 bridgehead atoms. The third kappa shape index (κ3) is 2.02. The number of hydrogen-bond acceptors (Lipinski definition) is 1. The first-order valence-corrected chi connectivity index (χ1v) is 10.3. The normalized spacial score (nSPS) is 46.8. The highest BCUT2D eigenvalue weighted by Gasteiger charge is 2.70. The number of allylic oxidation sites excluding steroid dienone is 2. The predicted octanol–water partition coefficient (Wildman–Crippen LogP) is 5.75. The minimum atomic E-state index is 0.260. The summed E-state index contributed by atoms with van der Waals surface area (Å²) in [7, 11) is 0. The fourth-order valence-corrected chi connectivity index (χ4v) is 7.24. The van der Waals surface area contributed by atoms with E-state index >= 15 is 0 Å². The van der Waals surface area contributed by atoms with E-state index in [9.17, 15) is 4.79 Å². The number of fused-ring (bicyclic) bond motifs is 8. The molecule has 0 aromatic carbocycles. The van der Waals surface area contributed by atoms with Gasteiger partial charge in [0.25, 0.3) is 0 Å². The second-order valence-corrected chi connectivity index (χ2v) is 11.0. The van der Waals surface area contributed by atoms with Crippen molar-refractivity contribution < 1.29 is 4.79 Å². The highest BCUT2D eigenvalue weighted by molar-refractivity contribution is 5.56. The Hall–Kier alpha value is -0.590. The van der Waals surface area contributed by atoms with E-state index in [-0.39, 0.29) is 5.41 Å². The average Bonchev–Trinajstić information content (AvgIpc) is 3.00. The van der Waals surface area contributed by atoms with Crippen LogP contribution in [0.25, 0.3) is 0 Å². The Labute approximate surface area is 148 Å². The van der Waals surface area contributed by atoms with Crippen molar-refractivity contribution in [3.05, 3.63) is 11.6 Å². The number of hydrogen-bond donors (Lipinski definition) is 0. The van der Waals surface area contributed by atoms with Crippen molar-refractivity contribution in [3.8, 4) is 0 Å². The number of carbonyl (C=O) groups is 1. The van der Waals surface area contributed by atoms with Crippen LogP contribution in [0.2, 0.25) is 0 Å². The van der Waals surface area contributed by atoms with Crippen molar-refractivity contribution in [2.45, 2.75) is 67.2 Å². The molecule has 4 fully saturated rings. The molecule has 1 heteroatoms. The zero-order valence-corrected chi connectivity index (χ0v) is 16.5. The van der Waals surface area contributed by atoms with Crippen molar-refractivity contribution in [1.29, 1.82) is 0 Å². The van der Waals surface area contributed by atoms with Crippen molar-refractivity contribution in [3.63, 3.8) is 0 Å². The maximum Gasteiger partial charge on any atom is 0.123 e. The maximum atomic E-state index is 11.4. The molecule has 8 unspecified atom stereocenters. The Balaban J connectivity index is 1.46. The molecule has 0 N–H and O–H groups in total. The van der Waals surface area contributed by atoms with Gasteiger partial charge in [0.1, 0.15) is 6.29 Å². The first-order valence-electron chi connectivity index (χ1n) is 10.3. The molecule has 8 atom stereocenters. The molecule has 0 aromatic rings. The minimum absolute atomic E-state index is 0.260. The molecular weight excluding hydrogens is 292 g/mol. The summed E-state index contributed by atoms with van der Waals surface area (Å²) in [5.41, 5.74) is 2.22. The van der Waals surface area contributed by atoms with E-state index < -0.39 is 0 Å². The number of aldehydes is 1. The van der Waals surface area contributed by atoms with Crippen LogP contribution in [0.4, 0.5) is 0 Å². The van der Waals surface area contributed by atoms with E-state index in [0.717, 1.165) is 41.4 Å². The molecule has 1 nitrogen and oxygen atoms in total. The van der Waals surface area contributed by atoms with Crippen LogP contribution in [0.5, 0.6) is 0 Å². The van der Waals surface area contributed by atoms with Gasteiger partial charge in [-0.2, -0.15) is 0 Å². The van der Waals surface area contributed by atoms with Crippen LogP contribution in [0.3, 0.4) is 0 Å². The largest absolute Gasteiger partial charge is 0.303 e. The molecule has 134 valence electrons. The van der Waals surface area contributed by atoms with Crippen LogP contribution in [-0.2, 0) is 4.79 Å². The molecule has 0 saturated heterocycles. The molecular formula is C23H36O. The molecule has 0 radical (unpaired) electrons. The molecule has 0 aromatic heterocycles. The second kappa shape index (κ2) is 5.21. The topological polar surface area (TPSA) is 17.1 Å². The summed E-state index contributed by atoms with van der Waals surface area (Å²) < 4.78 is 0. The first kappa shape index (κ1) is 16.9. The van der Waals surface area contributed by atoms with Crippen LogP contribution in [-0.4, -0.2) is 6.29 Å². The van der Waals surface area contributed by atoms with Gasteiger partial charge in [-0.25, -0.2) is 0 Å². The Kier molecular flexibility index (Phi) is 3.66. The second-order valence-electron chi connectivity index (χ2n) is 11.0. The quantitative estimate of drug-likeness (QED) is 0.474. The highest BCUT2D eigenvalue weighted by atomic mass is 16.1. The van der Waals surface area contributed by atoms with E-state index in [1.54, 1.807) is 5.57 Å². The van der Waals surface area contributed by atoms with Crippen LogP contribution in [0.1, 0.15) is 67.2 Å². The highest BCUT2D eigenvalue weighted by Crippen LogP contribution is 2.75. The van der Waals surface area contributed by atoms with Crippen molar-refractivity contribution in [1.82, 2.24) is 0 Å². The SMILES string of the molecule is C/C=C(/CC1CC2C1C1C3CC(CC3C=O)C21)C(C)(C)C(C)(C)C. The third-order valence-electron chi connectivity index (χ3n) is 9.42. The molecule has 0 spiro atoms. The summed E-state index contributed by atoms with van der Waals surface area (Å²) in [6.07, 6.45) is 9.07. The molecule has 24 heavy (non-hydrogen) atoms. The number of rotatable bonds is 4. The first-order chi connectivity index (χ1) is 11.2. The fraction of sp³-hybridized carbons (Fsp3) is 0.870. The fourth-order valence-electron chi connectivity index (χ4n) is 7.24. The van der Waals surface area contributed by atoms with Gasteiger partial charge in [0, 0.05) is 5.92 Å². The van der Waals surface area contributed by atoms with Gasteiger partial charge < -0.3 is 4.79 Å². The molecule has 0 heterocycles. The van der Waals surface area contributed by atoms with Crippen LogP contribution in [0.15, 0.2) is 11.6 Å². The standard InChI is InChI=1S/C23H36O/c1-7-16(23(5,6)22(2,3)4)9-14-11-18-19-13-8-15(12-24)17(10-13)21(19)20(14)18/h7,12-15,17-21H,8-11H2,1-6H3/b16-7-. The zero-order chi connectivity index (χ0) is 17.4. The minimum Gasteiger partial charge on any atom is -0.303 e. The molecule has 4 aliphatic carbocycles. The lowest BCUT2D eigenvalue weighted by atomic mass is 9.38. The lowest BCUT2D eigenvalue weighted by Gasteiger charge is -2.66. The lowest BCUT2D eigenvalue weighted by molar-refractivity contribution is -0.183. The van der Waals surface area contributed by atoms with Crippen LogP contribution < -0.4 is 0 Å². The predicted molar refractivity (Wildman–Crippen MR) is 99.4 cm³/mol. The monoisotopic (exact) mass is 328 g/mol. The average molecular weight is 329 g/mol. The molecule has 4 rings (SSSR count). The molecule has 0 aliphatic heterocycles. The third-order valence-corrected chi connectivity index (χ3v) is 9.42. The molecule has 4 aliphatic rings. The summed E-state index contributed by atoms with van der Waals surface area (Å²) in [4.78, 5) is 11.4. The summed E-state index contributed by atoms with van der Waals surface area (Å²) in [6.45, 7) is 14.2. The summed E-state index contributed by atoms with van der Waals surface area (Å²) >= 11 is 0. The van der Waals surface area contributed by atoms with Gasteiger partial charge >= 0.3 is 0 Å². The van der Waals surface area contributed by atoms with E-state index in [2.05, 4.69) is 47.6 Å². The smallest absolute Gasteiger partial charge is 0.123 e. The van der Waals surface area contributed by atoms with Crippen LogP contribution >= 0.6 is 0 Å². The Morgan fingerprint density at radius 3 is 2.25 bits per heavy atom. The summed E-state index contributed by atoms with van der Waals surface area (Å²) in [6, 6.07) is 0. The van der Waals surface area contributed by atoms with Gasteiger partial charge in [0.05, 0.1) is 0 Å². The Morgan fingerprint density at radius 2 is 1.67 bits per heavy atom. The summed E-state index contributed by atoms with van der Waals surface area (Å²) in [5.74, 6) is 6.88. The van der Waals surface area contributed by atoms with Gasteiger partial charge in [0.15, 0.2) is 0 Å². The van der Waals surface area contributed by atoms with Crippen molar-refractivity contribution in [2.75, 3.05) is 0 Å². The van der Waals surface area contributed by atoms with Crippen molar-refractivity contribution in [2.24, 2.45) is 58.2 Å². The van der Waals surface area contributed by atoms with E-state index in [1.165, 1.54) is 32.0 Å². The maximum absolute atomic E-state index is 11.4. The molecule has 4 saturated carbocycles. The lowest BCUT2D eigenvalue weighted by Crippen LogP contribution is -2.61. The zero-order valence-electron chi connectivity index (χ0n) is 16.5. The van der Waals surface area contributed by atoms with Gasteiger partial charge in [-0.1, -0.05) is 46.3 Å².